The van der Waals surface area contributed by atoms with Crippen LogP contribution in [-0.2, 0) is 0 Å². The third-order valence-corrected chi connectivity index (χ3v) is 5.28. The van der Waals surface area contributed by atoms with Crippen LogP contribution in [0.1, 0.15) is 12.5 Å². The minimum atomic E-state index is 0.418. The van der Waals surface area contributed by atoms with Gasteiger partial charge in [0.1, 0.15) is 22.2 Å². The van der Waals surface area contributed by atoms with Crippen LogP contribution in [0.25, 0.3) is 27.6 Å². The van der Waals surface area contributed by atoms with E-state index in [0.717, 1.165) is 28.3 Å². The molecular formula is C21H21N5O2S. The zero-order valence-corrected chi connectivity index (χ0v) is 17.2. The molecule has 29 heavy (non-hydrogen) atoms. The third kappa shape index (κ3) is 3.66. The van der Waals surface area contributed by atoms with Crippen molar-refractivity contribution in [3.8, 4) is 39.1 Å². The highest BCUT2D eigenvalue weighted by molar-refractivity contribution is 7.13. The molecule has 0 saturated heterocycles. The summed E-state index contributed by atoms with van der Waals surface area (Å²) in [7, 11) is 1.62. The zero-order valence-electron chi connectivity index (χ0n) is 16.4. The molecular weight excluding hydrogens is 386 g/mol. The zero-order chi connectivity index (χ0) is 20.4. The molecule has 0 atom stereocenters. The second kappa shape index (κ2) is 7.92. The maximum atomic E-state index is 6.37. The topological polar surface area (TPSA) is 88.1 Å². The normalized spacial score (nSPS) is 10.9. The second-order valence-electron chi connectivity index (χ2n) is 6.41. The maximum Gasteiger partial charge on any atom is 0.165 e. The number of methoxy groups -OCH3 is 1. The average Bonchev–Trinajstić information content (AvgIpc) is 3.35. The Bertz CT molecular complexity index is 1130. The van der Waals surface area contributed by atoms with Crippen molar-refractivity contribution in [3.05, 3.63) is 53.4 Å². The fourth-order valence-electron chi connectivity index (χ4n) is 2.99. The summed E-state index contributed by atoms with van der Waals surface area (Å²) in [6.45, 7) is 4.60. The molecule has 0 aliphatic heterocycles. The lowest BCUT2D eigenvalue weighted by Gasteiger charge is -2.10. The molecule has 7 nitrogen and oxygen atoms in total. The van der Waals surface area contributed by atoms with Gasteiger partial charge in [-0.05, 0) is 55.8 Å². The number of benzene rings is 2. The highest BCUT2D eigenvalue weighted by Crippen LogP contribution is 2.33. The van der Waals surface area contributed by atoms with Crippen LogP contribution < -0.4 is 15.2 Å². The van der Waals surface area contributed by atoms with Gasteiger partial charge in [0, 0.05) is 10.9 Å². The lowest BCUT2D eigenvalue weighted by molar-refractivity contribution is 0.340. The van der Waals surface area contributed by atoms with E-state index in [0.29, 0.717) is 28.9 Å². The number of nitrogen functional groups attached to an aromatic ring is 1. The van der Waals surface area contributed by atoms with Gasteiger partial charge in [0.05, 0.1) is 19.4 Å². The number of aromatic nitrogens is 4. The van der Waals surface area contributed by atoms with Crippen molar-refractivity contribution in [1.29, 1.82) is 0 Å². The van der Waals surface area contributed by atoms with Gasteiger partial charge in [-0.1, -0.05) is 11.3 Å². The predicted molar refractivity (Wildman–Crippen MR) is 115 cm³/mol. The van der Waals surface area contributed by atoms with Gasteiger partial charge in [0.25, 0.3) is 0 Å². The van der Waals surface area contributed by atoms with Crippen molar-refractivity contribution in [2.24, 2.45) is 0 Å². The van der Waals surface area contributed by atoms with Crippen molar-refractivity contribution in [2.75, 3.05) is 19.5 Å². The smallest absolute Gasteiger partial charge is 0.165 e. The molecule has 2 aromatic carbocycles. The molecule has 2 aromatic heterocycles. The molecule has 0 fully saturated rings. The maximum absolute atomic E-state index is 6.37. The van der Waals surface area contributed by atoms with E-state index in [2.05, 4.69) is 10.3 Å². The molecule has 8 heteroatoms. The van der Waals surface area contributed by atoms with Crippen LogP contribution in [0.5, 0.6) is 11.5 Å². The third-order valence-electron chi connectivity index (χ3n) is 4.44. The molecule has 0 aliphatic carbocycles. The summed E-state index contributed by atoms with van der Waals surface area (Å²) in [6.07, 6.45) is 0. The molecule has 4 aromatic rings. The minimum absolute atomic E-state index is 0.418. The first-order chi connectivity index (χ1) is 14.1. The lowest BCUT2D eigenvalue weighted by Crippen LogP contribution is -2.04. The van der Waals surface area contributed by atoms with Crippen LogP contribution in [0.2, 0.25) is 0 Å². The first-order valence-corrected chi connectivity index (χ1v) is 10.0. The van der Waals surface area contributed by atoms with Gasteiger partial charge in [0.2, 0.25) is 0 Å². The highest BCUT2D eigenvalue weighted by atomic mass is 32.1. The van der Waals surface area contributed by atoms with Crippen molar-refractivity contribution in [2.45, 2.75) is 13.8 Å². The summed E-state index contributed by atoms with van der Waals surface area (Å²) in [6, 6.07) is 13.7. The Morgan fingerprint density at radius 2 is 1.93 bits per heavy atom. The molecule has 0 bridgehead atoms. The predicted octanol–water partition coefficient (Wildman–Crippen LogP) is 4.36. The highest BCUT2D eigenvalue weighted by Gasteiger charge is 2.19. The molecule has 0 unspecified atom stereocenters. The number of nitrogens with two attached hydrogens (primary N) is 1. The van der Waals surface area contributed by atoms with Crippen LogP contribution in [0.15, 0.2) is 47.8 Å². The summed E-state index contributed by atoms with van der Waals surface area (Å²) >= 11 is 1.48. The van der Waals surface area contributed by atoms with E-state index in [-0.39, 0.29) is 0 Å². The molecule has 2 N–H and O–H groups in total. The summed E-state index contributed by atoms with van der Waals surface area (Å²) < 4.78 is 12.5. The number of hydrogen-bond donors (Lipinski definition) is 1. The van der Waals surface area contributed by atoms with Gasteiger partial charge in [0.15, 0.2) is 11.5 Å². The molecule has 2 heterocycles. The number of anilines is 1. The fraction of sp³-hybridized carbons (Fsp3) is 0.190. The Kier molecular flexibility index (Phi) is 5.18. The molecule has 0 amide bonds. The fourth-order valence-corrected chi connectivity index (χ4v) is 3.81. The molecule has 4 rings (SSSR count). The van der Waals surface area contributed by atoms with Crippen molar-refractivity contribution in [3.63, 3.8) is 0 Å². The average molecular weight is 407 g/mol. The summed E-state index contributed by atoms with van der Waals surface area (Å²) in [5.74, 6) is 1.93. The molecule has 0 spiro atoms. The van der Waals surface area contributed by atoms with E-state index in [9.17, 15) is 0 Å². The summed E-state index contributed by atoms with van der Waals surface area (Å²) in [5, 5.41) is 11.2. The van der Waals surface area contributed by atoms with E-state index < -0.39 is 0 Å². The lowest BCUT2D eigenvalue weighted by atomic mass is 10.2. The van der Waals surface area contributed by atoms with Gasteiger partial charge in [-0.2, -0.15) is 4.68 Å². The van der Waals surface area contributed by atoms with Gasteiger partial charge in [-0.3, -0.25) is 0 Å². The number of thiazole rings is 1. The summed E-state index contributed by atoms with van der Waals surface area (Å²) in [4.78, 5) is 4.70. The van der Waals surface area contributed by atoms with E-state index in [1.807, 2.05) is 61.7 Å². The van der Waals surface area contributed by atoms with Crippen LogP contribution >= 0.6 is 11.3 Å². The first kappa shape index (κ1) is 18.9. The minimum Gasteiger partial charge on any atom is -0.494 e. The number of hydrogen-bond acceptors (Lipinski definition) is 7. The summed E-state index contributed by atoms with van der Waals surface area (Å²) in [5.41, 5.74) is 10.6. The van der Waals surface area contributed by atoms with Crippen LogP contribution in [-0.4, -0.2) is 33.7 Å². The Hall–Kier alpha value is -3.39. The van der Waals surface area contributed by atoms with Crippen molar-refractivity contribution < 1.29 is 9.47 Å². The standard InChI is InChI=1S/C21H21N5O2S/c1-4-28-15-8-6-14(7-9-15)16-12-29-21(23-16)19-20(22)26(25-24-19)17-11-13(2)5-10-18(17)27-3/h5-12H,4,22H2,1-3H3. The van der Waals surface area contributed by atoms with E-state index >= 15 is 0 Å². The Morgan fingerprint density at radius 3 is 2.66 bits per heavy atom. The SMILES string of the molecule is CCOc1ccc(-c2csc(-c3nnn(-c4cc(C)ccc4OC)c3N)n2)cc1. The van der Waals surface area contributed by atoms with Crippen LogP contribution in [0, 0.1) is 6.92 Å². The molecule has 0 radical (unpaired) electrons. The Morgan fingerprint density at radius 1 is 1.14 bits per heavy atom. The van der Waals surface area contributed by atoms with E-state index in [1.54, 1.807) is 11.8 Å². The number of aryl methyl sites for hydroxylation is 1. The number of ether oxygens (including phenoxy) is 2. The quantitative estimate of drug-likeness (QED) is 0.511. The number of nitrogens with zero attached hydrogens (tertiary/aromatic N) is 4. The van der Waals surface area contributed by atoms with Crippen LogP contribution in [0.3, 0.4) is 0 Å². The van der Waals surface area contributed by atoms with E-state index in [1.165, 1.54) is 11.3 Å². The van der Waals surface area contributed by atoms with Gasteiger partial charge in [-0.25, -0.2) is 4.98 Å². The van der Waals surface area contributed by atoms with Gasteiger partial charge in [-0.15, -0.1) is 16.4 Å². The van der Waals surface area contributed by atoms with Gasteiger partial charge >= 0.3 is 0 Å². The van der Waals surface area contributed by atoms with Crippen LogP contribution in [0.4, 0.5) is 5.82 Å². The monoisotopic (exact) mass is 407 g/mol. The molecule has 0 aliphatic rings. The Labute approximate surface area is 172 Å². The largest absolute Gasteiger partial charge is 0.494 e. The van der Waals surface area contributed by atoms with Crippen molar-refractivity contribution in [1.82, 2.24) is 20.0 Å². The first-order valence-electron chi connectivity index (χ1n) is 9.16. The number of rotatable bonds is 6. The Balaban J connectivity index is 1.67. The van der Waals surface area contributed by atoms with Gasteiger partial charge < -0.3 is 15.2 Å². The van der Waals surface area contributed by atoms with E-state index in [4.69, 9.17) is 20.2 Å². The molecule has 148 valence electrons. The second-order valence-corrected chi connectivity index (χ2v) is 7.26. The molecule has 0 saturated carbocycles. The van der Waals surface area contributed by atoms with Crippen molar-refractivity contribution >= 4 is 17.2 Å².